The number of hydrogen-bond acceptors (Lipinski definition) is 1. The molecule has 0 amide bonds. The molecule has 1 aromatic carbocycles. The van der Waals surface area contributed by atoms with Gasteiger partial charge in [-0.2, -0.15) is 0 Å². The van der Waals surface area contributed by atoms with Gasteiger partial charge in [-0.3, -0.25) is 0 Å². The van der Waals surface area contributed by atoms with Crippen LogP contribution in [0.1, 0.15) is 56.2 Å². The lowest BCUT2D eigenvalue weighted by Crippen LogP contribution is -1.99. The van der Waals surface area contributed by atoms with Crippen LogP contribution in [-0.2, 0) is 0 Å². The molecular weight excluding hydrogens is 222 g/mol. The summed E-state index contributed by atoms with van der Waals surface area (Å²) in [6.07, 6.45) is 4.01. The lowest BCUT2D eigenvalue weighted by molar-refractivity contribution is 0.829. The van der Waals surface area contributed by atoms with Crippen LogP contribution >= 0.6 is 0 Å². The van der Waals surface area contributed by atoms with E-state index in [-0.39, 0.29) is 0 Å². The van der Waals surface area contributed by atoms with Gasteiger partial charge in [0.05, 0.1) is 0 Å². The van der Waals surface area contributed by atoms with Crippen molar-refractivity contribution in [1.29, 1.82) is 0 Å². The van der Waals surface area contributed by atoms with Crippen LogP contribution in [0.2, 0.25) is 0 Å². The molecule has 3 heteroatoms. The van der Waals surface area contributed by atoms with Crippen LogP contribution in [0, 0.1) is 0 Å². The van der Waals surface area contributed by atoms with Crippen LogP contribution in [0.3, 0.4) is 0 Å². The third-order valence-electron chi connectivity index (χ3n) is 2.95. The monoisotopic (exact) mass is 243 g/mol. The molecule has 0 saturated carbocycles. The second kappa shape index (κ2) is 6.87. The molecule has 0 spiro atoms. The SMILES string of the molecule is CC(C)c1cccc(C(C)C)c1C=CCN=[N+]=[N-]. The first-order valence-corrected chi connectivity index (χ1v) is 6.38. The van der Waals surface area contributed by atoms with Gasteiger partial charge in [0.1, 0.15) is 0 Å². The molecule has 0 aliphatic heterocycles. The third-order valence-corrected chi connectivity index (χ3v) is 2.95. The van der Waals surface area contributed by atoms with Gasteiger partial charge in [-0.15, -0.1) is 0 Å². The molecule has 0 heterocycles. The van der Waals surface area contributed by atoms with Crippen molar-refractivity contribution < 1.29 is 0 Å². The molecule has 0 atom stereocenters. The third kappa shape index (κ3) is 3.64. The minimum absolute atomic E-state index is 0.403. The van der Waals surface area contributed by atoms with Crippen LogP contribution in [0.4, 0.5) is 0 Å². The number of rotatable bonds is 5. The Kier molecular flexibility index (Phi) is 5.47. The van der Waals surface area contributed by atoms with Crippen molar-refractivity contribution in [3.8, 4) is 0 Å². The zero-order valence-corrected chi connectivity index (χ0v) is 11.6. The van der Waals surface area contributed by atoms with E-state index in [4.69, 9.17) is 5.53 Å². The molecule has 0 saturated heterocycles. The fraction of sp³-hybridized carbons (Fsp3) is 0.467. The molecule has 0 radical (unpaired) electrons. The van der Waals surface area contributed by atoms with Crippen molar-refractivity contribution in [3.63, 3.8) is 0 Å². The van der Waals surface area contributed by atoms with E-state index < -0.39 is 0 Å². The molecule has 1 rings (SSSR count). The van der Waals surface area contributed by atoms with E-state index in [0.717, 1.165) is 0 Å². The standard InChI is InChI=1S/C15H21N3/c1-11(2)13-7-5-8-14(12(3)4)15(13)9-6-10-17-18-16/h5-9,11-12H,10H2,1-4H3. The summed E-state index contributed by atoms with van der Waals surface area (Å²) in [4.78, 5) is 2.76. The van der Waals surface area contributed by atoms with Gasteiger partial charge in [0.2, 0.25) is 0 Å². The first kappa shape index (κ1) is 14.3. The van der Waals surface area contributed by atoms with Crippen LogP contribution in [0.5, 0.6) is 0 Å². The Bertz CT molecular complexity index is 440. The average molecular weight is 243 g/mol. The largest absolute Gasteiger partial charge is 0.0899 e. The highest BCUT2D eigenvalue weighted by Crippen LogP contribution is 2.28. The minimum Gasteiger partial charge on any atom is -0.0899 e. The summed E-state index contributed by atoms with van der Waals surface area (Å²) in [5, 5.41) is 3.53. The Hall–Kier alpha value is -1.73. The maximum atomic E-state index is 8.27. The van der Waals surface area contributed by atoms with Crippen molar-refractivity contribution in [2.45, 2.75) is 39.5 Å². The van der Waals surface area contributed by atoms with E-state index in [1.54, 1.807) is 0 Å². The molecule has 0 fully saturated rings. The number of hydrogen-bond donors (Lipinski definition) is 0. The van der Waals surface area contributed by atoms with Crippen molar-refractivity contribution >= 4 is 6.08 Å². The molecule has 0 aliphatic rings. The van der Waals surface area contributed by atoms with Gasteiger partial charge in [0.25, 0.3) is 0 Å². The first-order valence-electron chi connectivity index (χ1n) is 6.38. The van der Waals surface area contributed by atoms with Crippen LogP contribution in [-0.4, -0.2) is 6.54 Å². The summed E-state index contributed by atoms with van der Waals surface area (Å²) in [7, 11) is 0. The summed E-state index contributed by atoms with van der Waals surface area (Å²) in [6.45, 7) is 9.20. The first-order chi connectivity index (χ1) is 8.57. The number of azide groups is 1. The Balaban J connectivity index is 3.18. The van der Waals surface area contributed by atoms with Crippen LogP contribution in [0.15, 0.2) is 29.4 Å². The maximum Gasteiger partial charge on any atom is 0.0443 e. The molecule has 1 aromatic rings. The van der Waals surface area contributed by atoms with Gasteiger partial charge in [0.15, 0.2) is 0 Å². The van der Waals surface area contributed by atoms with Gasteiger partial charge < -0.3 is 0 Å². The van der Waals surface area contributed by atoms with Crippen molar-refractivity contribution in [1.82, 2.24) is 0 Å². The number of benzene rings is 1. The molecule has 0 unspecified atom stereocenters. The van der Waals surface area contributed by atoms with E-state index in [0.29, 0.717) is 18.4 Å². The van der Waals surface area contributed by atoms with Crippen molar-refractivity contribution in [3.05, 3.63) is 51.4 Å². The molecule has 0 N–H and O–H groups in total. The Labute approximate surface area is 109 Å². The van der Waals surface area contributed by atoms with Gasteiger partial charge in [0, 0.05) is 11.5 Å². The Morgan fingerprint density at radius 2 is 1.72 bits per heavy atom. The highest BCUT2D eigenvalue weighted by molar-refractivity contribution is 5.60. The lowest BCUT2D eigenvalue weighted by Gasteiger charge is -2.17. The lowest BCUT2D eigenvalue weighted by atomic mass is 9.88. The fourth-order valence-electron chi connectivity index (χ4n) is 2.06. The molecule has 0 aliphatic carbocycles. The normalized spacial score (nSPS) is 11.2. The van der Waals surface area contributed by atoms with Gasteiger partial charge in [-0.25, -0.2) is 0 Å². The quantitative estimate of drug-likeness (QED) is 0.385. The Morgan fingerprint density at radius 1 is 1.17 bits per heavy atom. The summed E-state index contributed by atoms with van der Waals surface area (Å²) in [5.74, 6) is 0.977. The molecule has 3 nitrogen and oxygen atoms in total. The van der Waals surface area contributed by atoms with E-state index in [1.165, 1.54) is 16.7 Å². The van der Waals surface area contributed by atoms with Crippen molar-refractivity contribution in [2.24, 2.45) is 5.11 Å². The molecule has 0 bridgehead atoms. The Morgan fingerprint density at radius 3 is 2.17 bits per heavy atom. The van der Waals surface area contributed by atoms with Crippen molar-refractivity contribution in [2.75, 3.05) is 6.54 Å². The van der Waals surface area contributed by atoms with E-state index in [9.17, 15) is 0 Å². The average Bonchev–Trinajstić information content (AvgIpc) is 2.34. The van der Waals surface area contributed by atoms with Gasteiger partial charge >= 0.3 is 0 Å². The second-order valence-corrected chi connectivity index (χ2v) is 4.98. The zero-order chi connectivity index (χ0) is 13.5. The molecule has 0 aromatic heterocycles. The molecule has 96 valence electrons. The van der Waals surface area contributed by atoms with Crippen LogP contribution in [0.25, 0.3) is 16.5 Å². The van der Waals surface area contributed by atoms with Crippen LogP contribution < -0.4 is 0 Å². The van der Waals surface area contributed by atoms with E-state index in [1.807, 2.05) is 6.08 Å². The molecule has 18 heavy (non-hydrogen) atoms. The second-order valence-electron chi connectivity index (χ2n) is 4.98. The zero-order valence-electron chi connectivity index (χ0n) is 11.6. The topological polar surface area (TPSA) is 48.8 Å². The summed E-state index contributed by atoms with van der Waals surface area (Å²) in [5.41, 5.74) is 12.2. The molecular formula is C15H21N3. The summed E-state index contributed by atoms with van der Waals surface area (Å²) >= 11 is 0. The minimum atomic E-state index is 0.403. The van der Waals surface area contributed by atoms with E-state index in [2.05, 4.69) is 62.0 Å². The summed E-state index contributed by atoms with van der Waals surface area (Å²) < 4.78 is 0. The van der Waals surface area contributed by atoms with Gasteiger partial charge in [-0.1, -0.05) is 63.2 Å². The maximum absolute atomic E-state index is 8.27. The predicted octanol–water partition coefficient (Wildman–Crippen LogP) is 5.26. The fourth-order valence-corrected chi connectivity index (χ4v) is 2.06. The smallest absolute Gasteiger partial charge is 0.0443 e. The predicted molar refractivity (Wildman–Crippen MR) is 77.7 cm³/mol. The summed E-state index contributed by atoms with van der Waals surface area (Å²) in [6, 6.07) is 6.46. The van der Waals surface area contributed by atoms with E-state index >= 15 is 0 Å². The van der Waals surface area contributed by atoms with Gasteiger partial charge in [-0.05, 0) is 34.1 Å². The number of nitrogens with zero attached hydrogens (tertiary/aromatic N) is 3. The highest BCUT2D eigenvalue weighted by atomic mass is 15.1. The highest BCUT2D eigenvalue weighted by Gasteiger charge is 2.10.